The summed E-state index contributed by atoms with van der Waals surface area (Å²) in [6, 6.07) is 9.84. The van der Waals surface area contributed by atoms with Crippen molar-refractivity contribution in [2.75, 3.05) is 45.0 Å². The second-order valence-corrected chi connectivity index (χ2v) is 14.2. The summed E-state index contributed by atoms with van der Waals surface area (Å²) in [5, 5.41) is 0.542. The fraction of sp³-hybridized carbons (Fsp3) is 0.500. The van der Waals surface area contributed by atoms with Crippen LogP contribution in [-0.2, 0) is 22.1 Å². The molecule has 3 aliphatic rings. The Hall–Kier alpha value is -4.30. The zero-order chi connectivity index (χ0) is 35.9. The van der Waals surface area contributed by atoms with Gasteiger partial charge in [0.15, 0.2) is 6.10 Å². The number of nitrogens with two attached hydrogens (primary N) is 1. The first-order valence-corrected chi connectivity index (χ1v) is 18.0. The largest absolute Gasteiger partial charge is 0.436 e. The highest BCUT2D eigenvalue weighted by Crippen LogP contribution is 2.38. The van der Waals surface area contributed by atoms with Crippen molar-refractivity contribution in [2.24, 2.45) is 0 Å². The van der Waals surface area contributed by atoms with Crippen LogP contribution in [0, 0.1) is 0 Å². The molecule has 0 saturated carbocycles. The number of piperidine rings is 3. The molecule has 0 radical (unpaired) electrons. The van der Waals surface area contributed by atoms with E-state index >= 15 is 0 Å². The highest BCUT2D eigenvalue weighted by atomic mass is 35.5. The van der Waals surface area contributed by atoms with Crippen LogP contribution in [-0.4, -0.2) is 92.6 Å². The molecule has 0 bridgehead atoms. The lowest BCUT2D eigenvalue weighted by Crippen LogP contribution is -2.52. The van der Waals surface area contributed by atoms with Gasteiger partial charge in [0, 0.05) is 50.1 Å². The molecule has 3 fully saturated rings. The van der Waals surface area contributed by atoms with E-state index in [4.69, 9.17) is 22.1 Å². The molecule has 3 saturated heterocycles. The molecule has 7 rings (SSSR count). The number of nitrogen functional groups attached to an aromatic ring is 1. The van der Waals surface area contributed by atoms with Crippen molar-refractivity contribution in [1.29, 1.82) is 0 Å². The predicted molar refractivity (Wildman–Crippen MR) is 188 cm³/mol. The third kappa shape index (κ3) is 7.25. The van der Waals surface area contributed by atoms with Crippen molar-refractivity contribution in [3.8, 4) is 0 Å². The number of rotatable bonds is 6. The van der Waals surface area contributed by atoms with Gasteiger partial charge in [0.25, 0.3) is 5.91 Å². The van der Waals surface area contributed by atoms with Crippen LogP contribution in [0.3, 0.4) is 0 Å². The van der Waals surface area contributed by atoms with Crippen LogP contribution < -0.4 is 11.4 Å². The molecular formula is C36H41ClF3N7O4. The maximum atomic E-state index is 14.0. The Morgan fingerprint density at radius 3 is 2.33 bits per heavy atom. The third-order valence-electron chi connectivity index (χ3n) is 10.7. The van der Waals surface area contributed by atoms with Crippen LogP contribution in [0.5, 0.6) is 0 Å². The standard InChI is InChI=1S/C36H41ClF3N7O4/c37-27-19-22(18-26(31(27)41)36(38,39)40)20-30(33(48)45-14-8-23(9-15-45)44-12-4-1-5-13-44)51-35(50)46-16-10-24(11-17-46)47-29-21-42-28-7-3-2-6-25(28)32(29)43-34(47)49/h2-3,6-7,18-19,21,23-24,30H,1,4-5,8-17,20,41H2,(H,43,49)/t30-/m1/s1. The van der Waals surface area contributed by atoms with E-state index in [2.05, 4.69) is 14.9 Å². The molecule has 51 heavy (non-hydrogen) atoms. The number of likely N-dealkylation sites (tertiary alicyclic amines) is 3. The Balaban J connectivity index is 1.07. The van der Waals surface area contributed by atoms with E-state index in [1.807, 2.05) is 24.3 Å². The Morgan fingerprint density at radius 2 is 1.63 bits per heavy atom. The molecule has 15 heteroatoms. The summed E-state index contributed by atoms with van der Waals surface area (Å²) in [5.41, 5.74) is 5.90. The molecule has 272 valence electrons. The van der Waals surface area contributed by atoms with Gasteiger partial charge in [-0.25, -0.2) is 9.59 Å². The number of anilines is 1. The molecule has 3 aliphatic heterocycles. The van der Waals surface area contributed by atoms with Gasteiger partial charge in [0.05, 0.1) is 39.0 Å². The highest BCUT2D eigenvalue weighted by Gasteiger charge is 2.38. The quantitative estimate of drug-likeness (QED) is 0.233. The number of alkyl halides is 3. The van der Waals surface area contributed by atoms with E-state index in [-0.39, 0.29) is 41.8 Å². The molecular weight excluding hydrogens is 687 g/mol. The smallest absolute Gasteiger partial charge is 0.418 e. The van der Waals surface area contributed by atoms with Gasteiger partial charge < -0.3 is 30.2 Å². The fourth-order valence-corrected chi connectivity index (χ4v) is 8.19. The number of imidazole rings is 1. The molecule has 11 nitrogen and oxygen atoms in total. The summed E-state index contributed by atoms with van der Waals surface area (Å²) < 4.78 is 49.0. The van der Waals surface area contributed by atoms with Crippen LogP contribution in [0.4, 0.5) is 23.7 Å². The van der Waals surface area contributed by atoms with Gasteiger partial charge >= 0.3 is 18.0 Å². The number of nitrogens with zero attached hydrogens (tertiary/aromatic N) is 5. The molecule has 1 atom stereocenters. The monoisotopic (exact) mass is 727 g/mol. The number of H-pyrrole nitrogens is 1. The van der Waals surface area contributed by atoms with E-state index in [9.17, 15) is 27.6 Å². The lowest BCUT2D eigenvalue weighted by molar-refractivity contribution is -0.142. The first-order valence-electron chi connectivity index (χ1n) is 17.6. The van der Waals surface area contributed by atoms with E-state index < -0.39 is 35.5 Å². The van der Waals surface area contributed by atoms with Crippen molar-refractivity contribution in [2.45, 2.75) is 75.7 Å². The number of nitrogens with one attached hydrogen (secondary N) is 1. The van der Waals surface area contributed by atoms with Gasteiger partial charge in [0.2, 0.25) is 0 Å². The number of aromatic nitrogens is 3. The maximum absolute atomic E-state index is 14.0. The Morgan fingerprint density at radius 1 is 0.961 bits per heavy atom. The first-order chi connectivity index (χ1) is 24.5. The number of carbonyl (C=O) groups is 2. The maximum Gasteiger partial charge on any atom is 0.418 e. The average Bonchev–Trinajstić information content (AvgIpc) is 3.48. The van der Waals surface area contributed by atoms with Crippen LogP contribution in [0.1, 0.15) is 62.1 Å². The second kappa shape index (κ2) is 14.4. The molecule has 3 N–H and O–H groups in total. The summed E-state index contributed by atoms with van der Waals surface area (Å²) in [4.78, 5) is 53.8. The van der Waals surface area contributed by atoms with Crippen LogP contribution in [0.25, 0.3) is 21.9 Å². The number of amides is 2. The number of pyridine rings is 1. The summed E-state index contributed by atoms with van der Waals surface area (Å²) in [5.74, 6) is -0.457. The number of fused-ring (bicyclic) bond motifs is 3. The zero-order valence-electron chi connectivity index (χ0n) is 28.1. The lowest BCUT2D eigenvalue weighted by Gasteiger charge is -2.41. The summed E-state index contributed by atoms with van der Waals surface area (Å²) in [6.07, 6.45) is 0.448. The summed E-state index contributed by atoms with van der Waals surface area (Å²) in [6.45, 7) is 3.49. The average molecular weight is 728 g/mol. The minimum atomic E-state index is -4.77. The molecule has 0 spiro atoms. The zero-order valence-corrected chi connectivity index (χ0v) is 28.9. The van der Waals surface area contributed by atoms with E-state index in [0.717, 1.165) is 55.7 Å². The lowest BCUT2D eigenvalue weighted by atomic mass is 9.98. The third-order valence-corrected chi connectivity index (χ3v) is 11.0. The summed E-state index contributed by atoms with van der Waals surface area (Å²) in [7, 11) is 0. The van der Waals surface area contributed by atoms with Crippen LogP contribution in [0.15, 0.2) is 47.4 Å². The van der Waals surface area contributed by atoms with Crippen molar-refractivity contribution in [1.82, 2.24) is 29.2 Å². The molecule has 2 amide bonds. The topological polar surface area (TPSA) is 130 Å². The van der Waals surface area contributed by atoms with Gasteiger partial charge in [-0.3, -0.25) is 14.3 Å². The van der Waals surface area contributed by atoms with E-state index in [1.54, 1.807) is 15.7 Å². The van der Waals surface area contributed by atoms with E-state index in [0.29, 0.717) is 43.0 Å². The number of hydrogen-bond acceptors (Lipinski definition) is 7. The molecule has 0 aliphatic carbocycles. The second-order valence-electron chi connectivity index (χ2n) is 13.8. The van der Waals surface area contributed by atoms with Crippen LogP contribution >= 0.6 is 11.6 Å². The Bertz CT molecular complexity index is 1980. The van der Waals surface area contributed by atoms with Crippen LogP contribution in [0.2, 0.25) is 5.02 Å². The van der Waals surface area contributed by atoms with Crippen molar-refractivity contribution in [3.05, 3.63) is 69.2 Å². The highest BCUT2D eigenvalue weighted by molar-refractivity contribution is 6.33. The minimum absolute atomic E-state index is 0.0782. The van der Waals surface area contributed by atoms with Crippen molar-refractivity contribution in [3.63, 3.8) is 0 Å². The fourth-order valence-electron chi connectivity index (χ4n) is 7.95. The number of halogens is 4. The SMILES string of the molecule is Nc1c(Cl)cc(C[C@@H](OC(=O)N2CCC(n3c(=O)[nH]c4c5ccccc5ncc43)CC2)C(=O)N2CCC(N3CCCCC3)CC2)cc1C(F)(F)F. The van der Waals surface area contributed by atoms with Gasteiger partial charge in [0.1, 0.15) is 0 Å². The molecule has 5 heterocycles. The minimum Gasteiger partial charge on any atom is -0.436 e. The number of aromatic amines is 1. The number of hydrogen-bond donors (Lipinski definition) is 2. The Labute approximate surface area is 297 Å². The summed E-state index contributed by atoms with van der Waals surface area (Å²) >= 11 is 6.11. The molecule has 2 aromatic carbocycles. The van der Waals surface area contributed by atoms with Gasteiger partial charge in [-0.15, -0.1) is 0 Å². The van der Waals surface area contributed by atoms with Gasteiger partial charge in [-0.05, 0) is 75.4 Å². The normalized spacial score (nSPS) is 19.1. The van der Waals surface area contributed by atoms with Gasteiger partial charge in [-0.2, -0.15) is 13.2 Å². The molecule has 2 aromatic heterocycles. The number of ether oxygens (including phenoxy) is 1. The Kier molecular flexibility index (Phi) is 9.90. The first kappa shape index (κ1) is 35.1. The predicted octanol–water partition coefficient (Wildman–Crippen LogP) is 5.99. The van der Waals surface area contributed by atoms with E-state index in [1.165, 1.54) is 17.4 Å². The number of benzene rings is 2. The number of para-hydroxylation sites is 1. The van der Waals surface area contributed by atoms with Crippen molar-refractivity contribution >= 4 is 51.2 Å². The van der Waals surface area contributed by atoms with Crippen molar-refractivity contribution < 1.29 is 27.5 Å². The van der Waals surface area contributed by atoms with Gasteiger partial charge in [-0.1, -0.05) is 36.2 Å². The molecule has 0 unspecified atom stereocenters. The molecule has 4 aromatic rings. The number of carbonyl (C=O) groups excluding carboxylic acids is 2.